The predicted octanol–water partition coefficient (Wildman–Crippen LogP) is 4.98. The lowest BCUT2D eigenvalue weighted by atomic mass is 9.91. The molecular formula is C17H20IN. The molecule has 1 atom stereocenters. The fourth-order valence-corrected chi connectivity index (χ4v) is 3.10. The van der Waals surface area contributed by atoms with Gasteiger partial charge in [0, 0.05) is 16.0 Å². The van der Waals surface area contributed by atoms with Gasteiger partial charge >= 0.3 is 0 Å². The molecule has 0 aliphatic carbocycles. The number of rotatable bonds is 5. The third kappa shape index (κ3) is 3.78. The third-order valence-electron chi connectivity index (χ3n) is 3.66. The first-order valence-electron chi connectivity index (χ1n) is 6.88. The van der Waals surface area contributed by atoms with E-state index in [9.17, 15) is 0 Å². The second-order valence-electron chi connectivity index (χ2n) is 4.96. The molecule has 0 N–H and O–H groups in total. The summed E-state index contributed by atoms with van der Waals surface area (Å²) in [4.78, 5) is 4.23. The summed E-state index contributed by atoms with van der Waals surface area (Å²) < 4.78 is 1.37. The molecule has 2 aromatic rings. The summed E-state index contributed by atoms with van der Waals surface area (Å²) in [6, 6.07) is 10.8. The summed E-state index contributed by atoms with van der Waals surface area (Å²) in [5, 5.41) is 0. The Morgan fingerprint density at radius 2 is 1.95 bits per heavy atom. The summed E-state index contributed by atoms with van der Waals surface area (Å²) in [7, 11) is 0. The highest BCUT2D eigenvalue weighted by molar-refractivity contribution is 14.1. The Bertz CT molecular complexity index is 536. The summed E-state index contributed by atoms with van der Waals surface area (Å²) >= 11 is 2.43. The molecule has 0 aliphatic heterocycles. The van der Waals surface area contributed by atoms with Gasteiger partial charge < -0.3 is 0 Å². The number of aryl methyl sites for hydroxylation is 2. The second-order valence-corrected chi connectivity index (χ2v) is 6.12. The molecule has 19 heavy (non-hydrogen) atoms. The zero-order chi connectivity index (χ0) is 13.7. The van der Waals surface area contributed by atoms with Crippen LogP contribution in [0.25, 0.3) is 0 Å². The molecule has 2 heteroatoms. The Morgan fingerprint density at radius 1 is 1.16 bits per heavy atom. The number of hydrogen-bond donors (Lipinski definition) is 0. The molecule has 1 heterocycles. The van der Waals surface area contributed by atoms with E-state index < -0.39 is 0 Å². The van der Waals surface area contributed by atoms with Crippen molar-refractivity contribution in [3.8, 4) is 0 Å². The normalized spacial score (nSPS) is 12.4. The van der Waals surface area contributed by atoms with Crippen molar-refractivity contribution in [3.63, 3.8) is 0 Å². The van der Waals surface area contributed by atoms with Crippen molar-refractivity contribution in [2.45, 2.75) is 39.0 Å². The van der Waals surface area contributed by atoms with Crippen LogP contribution >= 0.6 is 22.6 Å². The van der Waals surface area contributed by atoms with Crippen molar-refractivity contribution in [2.75, 3.05) is 0 Å². The zero-order valence-electron chi connectivity index (χ0n) is 11.6. The van der Waals surface area contributed by atoms with Gasteiger partial charge in [-0.25, -0.2) is 0 Å². The van der Waals surface area contributed by atoms with Gasteiger partial charge in [0.2, 0.25) is 0 Å². The van der Waals surface area contributed by atoms with Crippen LogP contribution in [0.4, 0.5) is 0 Å². The number of pyridine rings is 1. The average molecular weight is 365 g/mol. The molecule has 0 radical (unpaired) electrons. The molecule has 1 nitrogen and oxygen atoms in total. The monoisotopic (exact) mass is 365 g/mol. The molecule has 1 aromatic carbocycles. The van der Waals surface area contributed by atoms with Crippen LogP contribution in [0.15, 0.2) is 42.7 Å². The van der Waals surface area contributed by atoms with Gasteiger partial charge in [0.25, 0.3) is 0 Å². The Morgan fingerprint density at radius 3 is 2.68 bits per heavy atom. The quantitative estimate of drug-likeness (QED) is 0.681. The van der Waals surface area contributed by atoms with Crippen LogP contribution in [0, 0.1) is 3.57 Å². The van der Waals surface area contributed by atoms with Crippen molar-refractivity contribution < 1.29 is 0 Å². The zero-order valence-corrected chi connectivity index (χ0v) is 13.7. The summed E-state index contributed by atoms with van der Waals surface area (Å²) in [6.07, 6.45) is 7.33. The SMILES string of the molecule is CCc1cnccc1C(C)CCc1ccccc1I. The van der Waals surface area contributed by atoms with Gasteiger partial charge in [-0.2, -0.15) is 0 Å². The van der Waals surface area contributed by atoms with Crippen LogP contribution in [0.2, 0.25) is 0 Å². The van der Waals surface area contributed by atoms with Crippen molar-refractivity contribution >= 4 is 22.6 Å². The van der Waals surface area contributed by atoms with Gasteiger partial charge in [-0.05, 0) is 76.6 Å². The Labute approximate surface area is 129 Å². The van der Waals surface area contributed by atoms with Gasteiger partial charge in [-0.1, -0.05) is 32.0 Å². The first-order chi connectivity index (χ1) is 9.22. The number of hydrogen-bond acceptors (Lipinski definition) is 1. The van der Waals surface area contributed by atoms with E-state index >= 15 is 0 Å². The van der Waals surface area contributed by atoms with Crippen molar-refractivity contribution in [3.05, 3.63) is 63.0 Å². The predicted molar refractivity (Wildman–Crippen MR) is 89.5 cm³/mol. The van der Waals surface area contributed by atoms with E-state index in [2.05, 4.69) is 71.8 Å². The smallest absolute Gasteiger partial charge is 0.0302 e. The van der Waals surface area contributed by atoms with Crippen molar-refractivity contribution in [1.29, 1.82) is 0 Å². The fourth-order valence-electron chi connectivity index (χ4n) is 2.44. The number of halogens is 1. The maximum atomic E-state index is 4.23. The number of aromatic nitrogens is 1. The molecule has 100 valence electrons. The van der Waals surface area contributed by atoms with E-state index in [1.54, 1.807) is 0 Å². The molecule has 0 amide bonds. The minimum Gasteiger partial charge on any atom is -0.264 e. The molecule has 1 aromatic heterocycles. The van der Waals surface area contributed by atoms with Gasteiger partial charge in [0.1, 0.15) is 0 Å². The lowest BCUT2D eigenvalue weighted by Crippen LogP contribution is -2.02. The van der Waals surface area contributed by atoms with E-state index in [-0.39, 0.29) is 0 Å². The molecule has 0 aliphatic rings. The number of benzene rings is 1. The third-order valence-corrected chi connectivity index (χ3v) is 4.71. The molecule has 2 rings (SSSR count). The van der Waals surface area contributed by atoms with Crippen LogP contribution < -0.4 is 0 Å². The first-order valence-corrected chi connectivity index (χ1v) is 7.96. The highest BCUT2D eigenvalue weighted by Gasteiger charge is 2.10. The van der Waals surface area contributed by atoms with E-state index in [0.29, 0.717) is 5.92 Å². The first kappa shape index (κ1) is 14.5. The molecule has 1 unspecified atom stereocenters. The molecule has 0 saturated carbocycles. The summed E-state index contributed by atoms with van der Waals surface area (Å²) in [5.41, 5.74) is 4.31. The molecule has 0 bridgehead atoms. The van der Waals surface area contributed by atoms with Gasteiger partial charge in [0.05, 0.1) is 0 Å². The minimum atomic E-state index is 0.592. The van der Waals surface area contributed by atoms with Crippen LogP contribution in [0.1, 0.15) is 42.9 Å². The molecule has 0 fully saturated rings. The molecule has 0 saturated heterocycles. The Kier molecular flexibility index (Phi) is 5.37. The second kappa shape index (κ2) is 7.04. The fraction of sp³-hybridized carbons (Fsp3) is 0.353. The van der Waals surface area contributed by atoms with E-state index in [1.165, 1.54) is 26.7 Å². The highest BCUT2D eigenvalue weighted by atomic mass is 127. The maximum Gasteiger partial charge on any atom is 0.0302 e. The van der Waals surface area contributed by atoms with Crippen LogP contribution in [0.5, 0.6) is 0 Å². The minimum absolute atomic E-state index is 0.592. The van der Waals surface area contributed by atoms with Crippen molar-refractivity contribution in [2.24, 2.45) is 0 Å². The van der Waals surface area contributed by atoms with E-state index in [1.807, 2.05) is 12.4 Å². The van der Waals surface area contributed by atoms with Gasteiger partial charge in [0.15, 0.2) is 0 Å². The van der Waals surface area contributed by atoms with E-state index in [4.69, 9.17) is 0 Å². The topological polar surface area (TPSA) is 12.9 Å². The summed E-state index contributed by atoms with van der Waals surface area (Å²) in [5.74, 6) is 0.592. The summed E-state index contributed by atoms with van der Waals surface area (Å²) in [6.45, 7) is 4.53. The van der Waals surface area contributed by atoms with Crippen LogP contribution in [0.3, 0.4) is 0 Å². The molecular weight excluding hydrogens is 345 g/mol. The highest BCUT2D eigenvalue weighted by Crippen LogP contribution is 2.25. The number of nitrogens with zero attached hydrogens (tertiary/aromatic N) is 1. The lowest BCUT2D eigenvalue weighted by molar-refractivity contribution is 0.670. The van der Waals surface area contributed by atoms with Crippen LogP contribution in [-0.4, -0.2) is 4.98 Å². The maximum absolute atomic E-state index is 4.23. The largest absolute Gasteiger partial charge is 0.264 e. The van der Waals surface area contributed by atoms with Gasteiger partial charge in [-0.15, -0.1) is 0 Å². The Hall–Kier alpha value is -0.900. The Balaban J connectivity index is 2.05. The van der Waals surface area contributed by atoms with Crippen LogP contribution in [-0.2, 0) is 12.8 Å². The van der Waals surface area contributed by atoms with Gasteiger partial charge in [-0.3, -0.25) is 4.98 Å². The van der Waals surface area contributed by atoms with Crippen molar-refractivity contribution in [1.82, 2.24) is 4.98 Å². The molecule has 0 spiro atoms. The lowest BCUT2D eigenvalue weighted by Gasteiger charge is -2.15. The van der Waals surface area contributed by atoms with E-state index in [0.717, 1.165) is 12.8 Å². The average Bonchev–Trinajstić information content (AvgIpc) is 2.46. The standard InChI is InChI=1S/C17H20IN/c1-3-14-12-19-11-10-16(14)13(2)8-9-15-6-4-5-7-17(15)18/h4-7,10-13H,3,8-9H2,1-2H3.